The Balaban J connectivity index is 1.49. The molecular formula is C16H14N3O4S2-. The van der Waals surface area contributed by atoms with Gasteiger partial charge in [-0.15, -0.1) is 11.3 Å². The molecule has 4 rings (SSSR count). The van der Waals surface area contributed by atoms with Gasteiger partial charge in [-0.1, -0.05) is 6.07 Å². The molecule has 0 radical (unpaired) electrons. The molecule has 3 aromatic rings. The van der Waals surface area contributed by atoms with Gasteiger partial charge in [0.1, 0.15) is 5.76 Å². The van der Waals surface area contributed by atoms with E-state index in [4.69, 9.17) is 4.42 Å². The van der Waals surface area contributed by atoms with Crippen LogP contribution in [0.2, 0.25) is 0 Å². The lowest BCUT2D eigenvalue weighted by Crippen LogP contribution is -2.30. The summed E-state index contributed by atoms with van der Waals surface area (Å²) in [7, 11) is -4.55. The fraction of sp³-hybridized carbons (Fsp3) is 0.250. The van der Waals surface area contributed by atoms with E-state index < -0.39 is 15.2 Å². The summed E-state index contributed by atoms with van der Waals surface area (Å²) < 4.78 is 38.0. The first-order valence-corrected chi connectivity index (χ1v) is 9.93. The topological polar surface area (TPSA) is 99.4 Å². The minimum atomic E-state index is -4.55. The van der Waals surface area contributed by atoms with Crippen molar-refractivity contribution in [1.82, 2.24) is 14.9 Å². The SMILES string of the molecule is O=S(=O)([O-])c1ccc(CN2CCc3nc(-c4cccs4)ncc3C2)o1. The Morgan fingerprint density at radius 2 is 2.20 bits per heavy atom. The average molecular weight is 376 g/mol. The highest BCUT2D eigenvalue weighted by molar-refractivity contribution is 7.85. The highest BCUT2D eigenvalue weighted by Gasteiger charge is 2.20. The van der Waals surface area contributed by atoms with Crippen molar-refractivity contribution in [1.29, 1.82) is 0 Å². The van der Waals surface area contributed by atoms with Crippen molar-refractivity contribution in [3.63, 3.8) is 0 Å². The molecule has 1 aliphatic rings. The van der Waals surface area contributed by atoms with E-state index >= 15 is 0 Å². The second kappa shape index (κ2) is 6.34. The normalized spacial score (nSPS) is 15.2. The fourth-order valence-electron chi connectivity index (χ4n) is 2.83. The lowest BCUT2D eigenvalue weighted by molar-refractivity contribution is 0.216. The summed E-state index contributed by atoms with van der Waals surface area (Å²) in [4.78, 5) is 12.3. The minimum Gasteiger partial charge on any atom is -0.742 e. The maximum Gasteiger partial charge on any atom is 0.205 e. The van der Waals surface area contributed by atoms with Crippen LogP contribution in [-0.2, 0) is 29.6 Å². The first kappa shape index (κ1) is 16.4. The summed E-state index contributed by atoms with van der Waals surface area (Å²) in [6, 6.07) is 6.70. The molecule has 0 amide bonds. The predicted molar refractivity (Wildman–Crippen MR) is 89.8 cm³/mol. The number of nitrogens with zero attached hydrogens (tertiary/aromatic N) is 3. The maximum absolute atomic E-state index is 11.0. The van der Waals surface area contributed by atoms with Gasteiger partial charge in [0.15, 0.2) is 15.9 Å². The van der Waals surface area contributed by atoms with E-state index in [-0.39, 0.29) is 0 Å². The van der Waals surface area contributed by atoms with Crippen molar-refractivity contribution in [2.75, 3.05) is 6.54 Å². The van der Waals surface area contributed by atoms with Crippen molar-refractivity contribution >= 4 is 21.5 Å². The molecule has 0 aromatic carbocycles. The summed E-state index contributed by atoms with van der Waals surface area (Å²) in [5.41, 5.74) is 2.09. The Hall–Kier alpha value is -2.07. The molecule has 0 bridgehead atoms. The second-order valence-corrected chi connectivity index (χ2v) is 8.04. The van der Waals surface area contributed by atoms with Gasteiger partial charge >= 0.3 is 0 Å². The van der Waals surface area contributed by atoms with Gasteiger partial charge in [0, 0.05) is 31.3 Å². The van der Waals surface area contributed by atoms with Crippen LogP contribution in [0.3, 0.4) is 0 Å². The number of aromatic nitrogens is 2. The molecule has 0 fully saturated rings. The van der Waals surface area contributed by atoms with Crippen LogP contribution in [0, 0.1) is 0 Å². The highest BCUT2D eigenvalue weighted by Crippen LogP contribution is 2.25. The Labute approximate surface area is 148 Å². The molecule has 0 atom stereocenters. The van der Waals surface area contributed by atoms with Gasteiger partial charge in [0.25, 0.3) is 0 Å². The van der Waals surface area contributed by atoms with E-state index in [0.29, 0.717) is 18.8 Å². The zero-order valence-electron chi connectivity index (χ0n) is 13.1. The molecule has 0 saturated carbocycles. The van der Waals surface area contributed by atoms with Crippen molar-refractivity contribution in [2.45, 2.75) is 24.6 Å². The Kier molecular flexibility index (Phi) is 4.16. The molecule has 0 N–H and O–H groups in total. The molecule has 7 nitrogen and oxygen atoms in total. The van der Waals surface area contributed by atoms with Crippen molar-refractivity contribution in [2.24, 2.45) is 0 Å². The van der Waals surface area contributed by atoms with Crippen LogP contribution in [0.5, 0.6) is 0 Å². The van der Waals surface area contributed by atoms with Gasteiger partial charge in [-0.05, 0) is 23.6 Å². The van der Waals surface area contributed by atoms with E-state index in [1.807, 2.05) is 23.7 Å². The van der Waals surface area contributed by atoms with E-state index in [1.165, 1.54) is 12.1 Å². The lowest BCUT2D eigenvalue weighted by Gasteiger charge is -2.27. The molecule has 3 aromatic heterocycles. The Morgan fingerprint density at radius 1 is 1.32 bits per heavy atom. The number of furan rings is 1. The summed E-state index contributed by atoms with van der Waals surface area (Å²) in [6.07, 6.45) is 2.63. The summed E-state index contributed by atoms with van der Waals surface area (Å²) in [6.45, 7) is 1.86. The van der Waals surface area contributed by atoms with E-state index in [2.05, 4.69) is 14.9 Å². The monoisotopic (exact) mass is 376 g/mol. The minimum absolute atomic E-state index is 0.432. The number of rotatable bonds is 4. The second-order valence-electron chi connectivity index (χ2n) is 5.78. The summed E-state index contributed by atoms with van der Waals surface area (Å²) in [5, 5.41) is 1.46. The summed E-state index contributed by atoms with van der Waals surface area (Å²) in [5.74, 6) is 1.20. The van der Waals surface area contributed by atoms with Gasteiger partial charge in [-0.3, -0.25) is 4.90 Å². The van der Waals surface area contributed by atoms with Crippen LogP contribution in [-0.4, -0.2) is 34.4 Å². The highest BCUT2D eigenvalue weighted by atomic mass is 32.2. The number of fused-ring (bicyclic) bond motifs is 1. The van der Waals surface area contributed by atoms with Crippen LogP contribution in [0.25, 0.3) is 10.7 Å². The number of hydrogen-bond donors (Lipinski definition) is 0. The first-order valence-electron chi connectivity index (χ1n) is 7.65. The summed E-state index contributed by atoms with van der Waals surface area (Å²) >= 11 is 1.61. The molecule has 0 aliphatic carbocycles. The molecule has 4 heterocycles. The Bertz CT molecular complexity index is 996. The third-order valence-corrected chi connectivity index (χ3v) is 5.60. The van der Waals surface area contributed by atoms with Crippen LogP contribution in [0.4, 0.5) is 0 Å². The molecule has 0 unspecified atom stereocenters. The van der Waals surface area contributed by atoms with Gasteiger partial charge in [0.2, 0.25) is 5.09 Å². The fourth-order valence-corrected chi connectivity index (χ4v) is 3.94. The smallest absolute Gasteiger partial charge is 0.205 e. The maximum atomic E-state index is 11.0. The van der Waals surface area contributed by atoms with E-state index in [1.54, 1.807) is 11.3 Å². The van der Waals surface area contributed by atoms with Crippen molar-refractivity contribution in [3.05, 3.63) is 52.9 Å². The predicted octanol–water partition coefficient (Wildman–Crippen LogP) is 2.26. The van der Waals surface area contributed by atoms with Gasteiger partial charge in [0.05, 0.1) is 17.1 Å². The van der Waals surface area contributed by atoms with Crippen LogP contribution < -0.4 is 0 Å². The molecular weight excluding hydrogens is 362 g/mol. The van der Waals surface area contributed by atoms with Crippen LogP contribution >= 0.6 is 11.3 Å². The zero-order chi connectivity index (χ0) is 17.4. The van der Waals surface area contributed by atoms with Gasteiger partial charge < -0.3 is 8.97 Å². The van der Waals surface area contributed by atoms with E-state index in [0.717, 1.165) is 34.9 Å². The molecule has 0 saturated heterocycles. The largest absolute Gasteiger partial charge is 0.742 e. The first-order chi connectivity index (χ1) is 12.0. The van der Waals surface area contributed by atoms with Gasteiger partial charge in [-0.25, -0.2) is 18.4 Å². The zero-order valence-corrected chi connectivity index (χ0v) is 14.7. The Morgan fingerprint density at radius 3 is 2.92 bits per heavy atom. The number of thiophene rings is 1. The number of hydrogen-bond acceptors (Lipinski definition) is 8. The third kappa shape index (κ3) is 3.49. The molecule has 25 heavy (non-hydrogen) atoms. The van der Waals surface area contributed by atoms with E-state index in [9.17, 15) is 13.0 Å². The van der Waals surface area contributed by atoms with Crippen molar-refractivity contribution < 1.29 is 17.4 Å². The van der Waals surface area contributed by atoms with Crippen LogP contribution in [0.15, 0.2) is 45.4 Å². The van der Waals surface area contributed by atoms with Crippen LogP contribution in [0.1, 0.15) is 17.0 Å². The average Bonchev–Trinajstić information content (AvgIpc) is 3.25. The van der Waals surface area contributed by atoms with Gasteiger partial charge in [-0.2, -0.15) is 0 Å². The molecule has 130 valence electrons. The third-order valence-electron chi connectivity index (χ3n) is 4.02. The molecule has 0 spiro atoms. The molecule has 9 heteroatoms. The quantitative estimate of drug-likeness (QED) is 0.644. The standard InChI is InChI=1S/C16H15N3O4S2/c20-25(21,22)15-4-3-12(23-15)10-19-6-5-13-11(9-19)8-17-16(18-13)14-2-1-7-24-14/h1-4,7-8H,5-6,9-10H2,(H,20,21,22)/p-1. The lowest BCUT2D eigenvalue weighted by atomic mass is 10.1. The van der Waals surface area contributed by atoms with Crippen molar-refractivity contribution in [3.8, 4) is 10.7 Å². The molecule has 1 aliphatic heterocycles.